The molecule has 0 bridgehead atoms. The van der Waals surface area contributed by atoms with Gasteiger partial charge in [0.1, 0.15) is 0 Å². The second-order valence-electron chi connectivity index (χ2n) is 4.51. The fraction of sp³-hybridized carbons (Fsp3) is 0.250. The van der Waals surface area contributed by atoms with E-state index >= 15 is 0 Å². The third-order valence-electron chi connectivity index (χ3n) is 3.05. The Morgan fingerprint density at radius 2 is 1.68 bits per heavy atom. The fourth-order valence-electron chi connectivity index (χ4n) is 1.98. The van der Waals surface area contributed by atoms with E-state index in [1.165, 1.54) is 11.1 Å². The largest absolute Gasteiger partial charge is 0.308 e. The van der Waals surface area contributed by atoms with Gasteiger partial charge in [0, 0.05) is 22.9 Å². The number of hydrogen-bond acceptors (Lipinski definition) is 1. The monoisotopic (exact) mass is 337 g/mol. The second kappa shape index (κ2) is 7.68. The molecule has 1 nitrogen and oxygen atoms in total. The van der Waals surface area contributed by atoms with E-state index in [4.69, 9.17) is 11.6 Å². The highest BCUT2D eigenvalue weighted by Crippen LogP contribution is 2.16. The fourth-order valence-corrected chi connectivity index (χ4v) is 2.62. The van der Waals surface area contributed by atoms with E-state index in [-0.39, 0.29) is 6.04 Å². The normalized spacial score (nSPS) is 12.3. The van der Waals surface area contributed by atoms with Crippen LogP contribution in [-0.2, 0) is 13.0 Å². The van der Waals surface area contributed by atoms with Gasteiger partial charge in [-0.1, -0.05) is 64.5 Å². The average molecular weight is 339 g/mol. The highest BCUT2D eigenvalue weighted by Gasteiger charge is 2.08. The Hall–Kier alpha value is -0.830. The molecule has 2 aromatic rings. The van der Waals surface area contributed by atoms with Crippen molar-refractivity contribution >= 4 is 27.5 Å². The molecule has 0 radical (unpaired) electrons. The Bertz CT molecular complexity index is 501. The summed E-state index contributed by atoms with van der Waals surface area (Å²) in [5.41, 5.74) is 2.57. The summed E-state index contributed by atoms with van der Waals surface area (Å²) in [5, 5.41) is 3.51. The van der Waals surface area contributed by atoms with Gasteiger partial charge in [0.25, 0.3) is 0 Å². The Labute approximate surface area is 128 Å². The number of rotatable bonds is 6. The van der Waals surface area contributed by atoms with Crippen LogP contribution in [-0.4, -0.2) is 11.9 Å². The van der Waals surface area contributed by atoms with E-state index in [1.807, 2.05) is 12.1 Å². The minimum absolute atomic E-state index is 0.288. The first kappa shape index (κ1) is 14.6. The molecule has 0 aliphatic rings. The van der Waals surface area contributed by atoms with Crippen molar-refractivity contribution in [3.05, 3.63) is 70.2 Å². The van der Waals surface area contributed by atoms with Gasteiger partial charge in [-0.15, -0.1) is 11.6 Å². The Morgan fingerprint density at radius 1 is 1.00 bits per heavy atom. The summed E-state index contributed by atoms with van der Waals surface area (Å²) < 4.78 is 1.13. The molecule has 100 valence electrons. The third kappa shape index (κ3) is 4.64. The molecule has 0 aromatic heterocycles. The summed E-state index contributed by atoms with van der Waals surface area (Å²) in [5.74, 6) is 0.610. The van der Waals surface area contributed by atoms with Crippen LogP contribution in [0.25, 0.3) is 0 Å². The zero-order valence-electron chi connectivity index (χ0n) is 10.7. The highest BCUT2D eigenvalue weighted by molar-refractivity contribution is 9.10. The Balaban J connectivity index is 1.91. The summed E-state index contributed by atoms with van der Waals surface area (Å²) in [6.07, 6.45) is 0.953. The van der Waals surface area contributed by atoms with Crippen LogP contribution in [0.1, 0.15) is 11.1 Å². The lowest BCUT2D eigenvalue weighted by molar-refractivity contribution is 0.549. The number of nitrogens with one attached hydrogen (secondary N) is 1. The van der Waals surface area contributed by atoms with Crippen LogP contribution in [0.15, 0.2) is 59.1 Å². The van der Waals surface area contributed by atoms with E-state index in [1.54, 1.807) is 0 Å². The van der Waals surface area contributed by atoms with E-state index < -0.39 is 0 Å². The molecule has 0 saturated carbocycles. The van der Waals surface area contributed by atoms with Crippen LogP contribution < -0.4 is 5.32 Å². The predicted molar refractivity (Wildman–Crippen MR) is 85.6 cm³/mol. The van der Waals surface area contributed by atoms with Crippen LogP contribution in [0, 0.1) is 0 Å². The zero-order valence-corrected chi connectivity index (χ0v) is 13.0. The van der Waals surface area contributed by atoms with Crippen LogP contribution in [0.5, 0.6) is 0 Å². The van der Waals surface area contributed by atoms with Gasteiger partial charge in [-0.25, -0.2) is 0 Å². The van der Waals surface area contributed by atoms with E-state index in [0.717, 1.165) is 17.4 Å². The van der Waals surface area contributed by atoms with Crippen LogP contribution in [0.2, 0.25) is 0 Å². The smallest absolute Gasteiger partial charge is 0.0380 e. The van der Waals surface area contributed by atoms with Crippen molar-refractivity contribution < 1.29 is 0 Å². The van der Waals surface area contributed by atoms with Gasteiger partial charge in [-0.2, -0.15) is 0 Å². The standard InChI is InChI=1S/C16H17BrClN/c17-16-9-5-4-8-14(16)12-19-15(11-18)10-13-6-2-1-3-7-13/h1-9,15,19H,10-12H2. The first-order valence-electron chi connectivity index (χ1n) is 6.36. The lowest BCUT2D eigenvalue weighted by atomic mass is 10.1. The van der Waals surface area contributed by atoms with Gasteiger partial charge < -0.3 is 5.32 Å². The highest BCUT2D eigenvalue weighted by atomic mass is 79.9. The van der Waals surface area contributed by atoms with Gasteiger partial charge in [0.15, 0.2) is 0 Å². The summed E-state index contributed by atoms with van der Waals surface area (Å²) >= 11 is 9.61. The van der Waals surface area contributed by atoms with Crippen molar-refractivity contribution in [2.75, 3.05) is 5.88 Å². The topological polar surface area (TPSA) is 12.0 Å². The van der Waals surface area contributed by atoms with Gasteiger partial charge >= 0.3 is 0 Å². The summed E-state index contributed by atoms with van der Waals surface area (Å²) in [6, 6.07) is 19.0. The minimum Gasteiger partial charge on any atom is -0.308 e. The molecule has 0 saturated heterocycles. The second-order valence-corrected chi connectivity index (χ2v) is 5.68. The van der Waals surface area contributed by atoms with Crippen molar-refractivity contribution in [3.63, 3.8) is 0 Å². The first-order chi connectivity index (χ1) is 9.29. The minimum atomic E-state index is 0.288. The van der Waals surface area contributed by atoms with Crippen LogP contribution >= 0.6 is 27.5 Å². The molecule has 0 aliphatic heterocycles. The molecule has 0 spiro atoms. The average Bonchev–Trinajstić information content (AvgIpc) is 2.46. The molecule has 1 unspecified atom stereocenters. The third-order valence-corrected chi connectivity index (χ3v) is 4.20. The van der Waals surface area contributed by atoms with Crippen molar-refractivity contribution in [2.24, 2.45) is 0 Å². The number of alkyl halides is 1. The van der Waals surface area contributed by atoms with Crippen molar-refractivity contribution in [1.29, 1.82) is 0 Å². The molecular formula is C16H17BrClN. The molecule has 1 N–H and O–H groups in total. The van der Waals surface area contributed by atoms with E-state index in [0.29, 0.717) is 5.88 Å². The van der Waals surface area contributed by atoms with E-state index in [2.05, 4.69) is 63.7 Å². The van der Waals surface area contributed by atoms with E-state index in [9.17, 15) is 0 Å². The molecule has 2 aromatic carbocycles. The number of benzene rings is 2. The maximum absolute atomic E-state index is 6.05. The molecular weight excluding hydrogens is 322 g/mol. The zero-order chi connectivity index (χ0) is 13.5. The number of hydrogen-bond donors (Lipinski definition) is 1. The SMILES string of the molecule is ClCC(Cc1ccccc1)NCc1ccccc1Br. The molecule has 0 heterocycles. The van der Waals surface area contributed by atoms with Crippen LogP contribution in [0.4, 0.5) is 0 Å². The molecule has 3 heteroatoms. The van der Waals surface area contributed by atoms with Gasteiger partial charge in [-0.05, 0) is 23.6 Å². The maximum atomic E-state index is 6.05. The lowest BCUT2D eigenvalue weighted by Gasteiger charge is -2.16. The van der Waals surface area contributed by atoms with Crippen molar-refractivity contribution in [1.82, 2.24) is 5.32 Å². The molecule has 0 amide bonds. The van der Waals surface area contributed by atoms with Gasteiger partial charge in [0.05, 0.1) is 0 Å². The molecule has 0 aliphatic carbocycles. The summed E-state index contributed by atoms with van der Waals surface area (Å²) in [6.45, 7) is 0.825. The molecule has 19 heavy (non-hydrogen) atoms. The Morgan fingerprint density at radius 3 is 2.37 bits per heavy atom. The Kier molecular flexibility index (Phi) is 5.90. The summed E-state index contributed by atoms with van der Waals surface area (Å²) in [7, 11) is 0. The maximum Gasteiger partial charge on any atom is 0.0380 e. The van der Waals surface area contributed by atoms with Crippen molar-refractivity contribution in [3.8, 4) is 0 Å². The summed E-state index contributed by atoms with van der Waals surface area (Å²) in [4.78, 5) is 0. The molecule has 0 fully saturated rings. The van der Waals surface area contributed by atoms with Gasteiger partial charge in [0.2, 0.25) is 0 Å². The molecule has 1 atom stereocenters. The van der Waals surface area contributed by atoms with Crippen molar-refractivity contribution in [2.45, 2.75) is 19.0 Å². The quantitative estimate of drug-likeness (QED) is 0.770. The first-order valence-corrected chi connectivity index (χ1v) is 7.69. The number of halogens is 2. The predicted octanol–water partition coefficient (Wildman–Crippen LogP) is 4.39. The van der Waals surface area contributed by atoms with Crippen LogP contribution in [0.3, 0.4) is 0 Å². The van der Waals surface area contributed by atoms with Gasteiger partial charge in [-0.3, -0.25) is 0 Å². The lowest BCUT2D eigenvalue weighted by Crippen LogP contribution is -2.32. The molecule has 2 rings (SSSR count).